The summed E-state index contributed by atoms with van der Waals surface area (Å²) < 4.78 is 17.0. The van der Waals surface area contributed by atoms with Gasteiger partial charge in [0, 0.05) is 46.3 Å². The number of hydrogen-bond donors (Lipinski definition) is 2. The van der Waals surface area contributed by atoms with Crippen molar-refractivity contribution >= 4 is 22.5 Å². The van der Waals surface area contributed by atoms with Gasteiger partial charge in [-0.3, -0.25) is 14.6 Å². The number of hydrogen-bond acceptors (Lipinski definition) is 4. The Kier molecular flexibility index (Phi) is 4.55. The minimum atomic E-state index is -0.393. The molecule has 6 nitrogen and oxygen atoms in total. The first-order chi connectivity index (χ1) is 16.4. The number of ketones is 1. The Labute approximate surface area is 194 Å². The first-order valence-corrected chi connectivity index (χ1v) is 11.4. The Morgan fingerprint density at radius 1 is 1.15 bits per heavy atom. The molecule has 0 unspecified atom stereocenters. The number of amidine groups is 1. The maximum Gasteiger partial charge on any atom is 0.255 e. The molecular weight excluding hydrogens is 431 g/mol. The van der Waals surface area contributed by atoms with Crippen molar-refractivity contribution in [3.05, 3.63) is 92.3 Å². The Bertz CT molecular complexity index is 1610. The molecule has 7 heteroatoms. The molecule has 0 fully saturated rings. The molecule has 1 aliphatic carbocycles. The van der Waals surface area contributed by atoms with Crippen molar-refractivity contribution in [3.63, 3.8) is 0 Å². The van der Waals surface area contributed by atoms with Crippen molar-refractivity contribution in [3.8, 4) is 11.1 Å². The minimum Gasteiger partial charge on any atom is -0.383 e. The molecule has 4 aromatic rings. The highest BCUT2D eigenvalue weighted by molar-refractivity contribution is 6.10. The number of benzene rings is 2. The summed E-state index contributed by atoms with van der Waals surface area (Å²) in [6.07, 6.45) is 4.59. The molecule has 0 bridgehead atoms. The van der Waals surface area contributed by atoms with Crippen LogP contribution in [0.5, 0.6) is 0 Å². The summed E-state index contributed by atoms with van der Waals surface area (Å²) in [4.78, 5) is 32.8. The van der Waals surface area contributed by atoms with Gasteiger partial charge in [0.1, 0.15) is 11.7 Å². The normalized spacial score (nSPS) is 14.4. The molecule has 6 rings (SSSR count). The van der Waals surface area contributed by atoms with E-state index in [0.717, 1.165) is 35.7 Å². The van der Waals surface area contributed by atoms with Crippen LogP contribution in [0, 0.1) is 5.82 Å². The van der Waals surface area contributed by atoms with Gasteiger partial charge in [-0.1, -0.05) is 0 Å². The number of aryl methyl sites for hydroxylation is 2. The van der Waals surface area contributed by atoms with Gasteiger partial charge in [-0.25, -0.2) is 4.39 Å². The van der Waals surface area contributed by atoms with Crippen molar-refractivity contribution in [2.45, 2.75) is 39.3 Å². The predicted octanol–water partition coefficient (Wildman–Crippen LogP) is 4.09. The number of pyridine rings is 1. The van der Waals surface area contributed by atoms with Crippen LogP contribution >= 0.6 is 0 Å². The van der Waals surface area contributed by atoms with Crippen LogP contribution in [0.4, 0.5) is 4.39 Å². The quantitative estimate of drug-likeness (QED) is 0.455. The van der Waals surface area contributed by atoms with E-state index in [1.165, 1.54) is 24.1 Å². The highest BCUT2D eigenvalue weighted by Gasteiger charge is 2.26. The monoisotopic (exact) mass is 454 g/mol. The number of halogens is 1. The molecule has 2 aromatic heterocycles. The highest BCUT2D eigenvalue weighted by atomic mass is 19.1. The summed E-state index contributed by atoms with van der Waals surface area (Å²) >= 11 is 0. The van der Waals surface area contributed by atoms with Crippen LogP contribution in [-0.2, 0) is 25.9 Å². The second kappa shape index (κ2) is 7.52. The molecule has 0 amide bonds. The van der Waals surface area contributed by atoms with E-state index in [-0.39, 0.29) is 17.9 Å². The molecule has 0 saturated carbocycles. The summed E-state index contributed by atoms with van der Waals surface area (Å²) in [6.45, 7) is 2.07. The summed E-state index contributed by atoms with van der Waals surface area (Å²) in [5.41, 5.74) is 12.3. The van der Waals surface area contributed by atoms with E-state index in [1.54, 1.807) is 24.4 Å². The molecular formula is C27H23FN4O2. The van der Waals surface area contributed by atoms with E-state index in [2.05, 4.69) is 22.1 Å². The van der Waals surface area contributed by atoms with E-state index >= 15 is 4.39 Å². The van der Waals surface area contributed by atoms with Gasteiger partial charge in [0.2, 0.25) is 0 Å². The third-order valence-corrected chi connectivity index (χ3v) is 6.99. The van der Waals surface area contributed by atoms with Crippen LogP contribution in [0.1, 0.15) is 51.7 Å². The number of rotatable bonds is 4. The smallest absolute Gasteiger partial charge is 0.255 e. The first-order valence-electron chi connectivity index (χ1n) is 11.4. The number of nitrogens with one attached hydrogen (secondary N) is 1. The number of aromatic amines is 1. The van der Waals surface area contributed by atoms with E-state index < -0.39 is 5.82 Å². The average Bonchev–Trinajstić information content (AvgIpc) is 3.49. The van der Waals surface area contributed by atoms with Gasteiger partial charge in [0.25, 0.3) is 5.56 Å². The Morgan fingerprint density at radius 3 is 2.71 bits per heavy atom. The van der Waals surface area contributed by atoms with Crippen LogP contribution in [-0.4, -0.2) is 21.2 Å². The van der Waals surface area contributed by atoms with Crippen LogP contribution < -0.4 is 11.3 Å². The number of fused-ring (bicyclic) bond motifs is 3. The van der Waals surface area contributed by atoms with Gasteiger partial charge in [-0.15, -0.1) is 0 Å². The number of aliphatic imine (C=N–C) groups is 1. The van der Waals surface area contributed by atoms with E-state index in [0.29, 0.717) is 40.3 Å². The fraction of sp³-hybridized carbons (Fsp3) is 0.222. The number of H-pyrrole nitrogens is 1. The zero-order chi connectivity index (χ0) is 23.6. The molecule has 34 heavy (non-hydrogen) atoms. The van der Waals surface area contributed by atoms with E-state index in [4.69, 9.17) is 5.73 Å². The number of aromatic nitrogens is 2. The minimum absolute atomic E-state index is 0.161. The van der Waals surface area contributed by atoms with Crippen LogP contribution in [0.2, 0.25) is 0 Å². The SMILES string of the molecule is CC(=O)c1c(-c2ccc[nH]c2=O)c2cc3c(cc2n1Cc1cc2c(cc1F)C(N)=NC2)CCC3. The molecule has 0 spiro atoms. The molecule has 1 aliphatic heterocycles. The molecule has 0 radical (unpaired) electrons. The molecule has 2 aromatic carbocycles. The maximum absolute atomic E-state index is 15.2. The molecule has 3 N–H and O–H groups in total. The molecule has 170 valence electrons. The fourth-order valence-electron chi connectivity index (χ4n) is 5.42. The van der Waals surface area contributed by atoms with Crippen molar-refractivity contribution in [2.75, 3.05) is 0 Å². The average molecular weight is 455 g/mol. The topological polar surface area (TPSA) is 93.2 Å². The summed E-state index contributed by atoms with van der Waals surface area (Å²) in [6, 6.07) is 10.9. The Balaban J connectivity index is 1.63. The van der Waals surface area contributed by atoms with Crippen molar-refractivity contribution < 1.29 is 9.18 Å². The second-order valence-corrected chi connectivity index (χ2v) is 9.07. The van der Waals surface area contributed by atoms with Crippen molar-refractivity contribution in [1.82, 2.24) is 9.55 Å². The number of nitrogens with zero attached hydrogens (tertiary/aromatic N) is 2. The predicted molar refractivity (Wildman–Crippen MR) is 130 cm³/mol. The van der Waals surface area contributed by atoms with Gasteiger partial charge in [0.05, 0.1) is 18.8 Å². The fourth-order valence-corrected chi connectivity index (χ4v) is 5.42. The Morgan fingerprint density at radius 2 is 1.94 bits per heavy atom. The lowest BCUT2D eigenvalue weighted by atomic mass is 9.99. The summed E-state index contributed by atoms with van der Waals surface area (Å²) in [7, 11) is 0. The standard InChI is InChI=1S/C27H23FN4O2/c1-14(33)25-24(19-6-3-7-30-27(19)34)21-9-15-4-2-5-16(15)10-23(21)32(25)13-18-8-17-12-31-26(29)20(17)11-22(18)28/h3,6-11H,2,4-5,12-13H2,1H3,(H2,29,31)(H,30,34). The van der Waals surface area contributed by atoms with Gasteiger partial charge < -0.3 is 15.3 Å². The van der Waals surface area contributed by atoms with Crippen LogP contribution in [0.3, 0.4) is 0 Å². The molecule has 3 heterocycles. The zero-order valence-corrected chi connectivity index (χ0v) is 18.7. The van der Waals surface area contributed by atoms with Crippen molar-refractivity contribution in [1.29, 1.82) is 0 Å². The number of Topliss-reactive ketones (excluding diaryl/α,β-unsaturated/α-hetero) is 1. The number of carbonyl (C=O) groups excluding carboxylic acids is 1. The first kappa shape index (κ1) is 20.6. The van der Waals surface area contributed by atoms with Gasteiger partial charge in [0.15, 0.2) is 5.78 Å². The van der Waals surface area contributed by atoms with Gasteiger partial charge in [-0.2, -0.15) is 0 Å². The van der Waals surface area contributed by atoms with E-state index in [9.17, 15) is 9.59 Å². The van der Waals surface area contributed by atoms with Gasteiger partial charge >= 0.3 is 0 Å². The van der Waals surface area contributed by atoms with Crippen LogP contribution in [0.15, 0.2) is 52.4 Å². The lowest BCUT2D eigenvalue weighted by molar-refractivity contribution is 0.101. The highest BCUT2D eigenvalue weighted by Crippen LogP contribution is 2.38. The molecule has 0 saturated heterocycles. The van der Waals surface area contributed by atoms with E-state index in [1.807, 2.05) is 4.57 Å². The van der Waals surface area contributed by atoms with Crippen LogP contribution in [0.25, 0.3) is 22.0 Å². The summed E-state index contributed by atoms with van der Waals surface area (Å²) in [5, 5.41) is 0.844. The second-order valence-electron chi connectivity index (χ2n) is 9.07. The largest absolute Gasteiger partial charge is 0.383 e. The molecule has 2 aliphatic rings. The van der Waals surface area contributed by atoms with Gasteiger partial charge in [-0.05, 0) is 72.4 Å². The number of nitrogens with two attached hydrogens (primary N) is 1. The maximum atomic E-state index is 15.2. The summed E-state index contributed by atoms with van der Waals surface area (Å²) in [5.74, 6) is -0.225. The Hall–Kier alpha value is -4.00. The third-order valence-electron chi connectivity index (χ3n) is 6.99. The zero-order valence-electron chi connectivity index (χ0n) is 18.7. The third kappa shape index (κ3) is 3.04. The lowest BCUT2D eigenvalue weighted by Crippen LogP contribution is -2.14. The van der Waals surface area contributed by atoms with Crippen molar-refractivity contribution in [2.24, 2.45) is 10.7 Å². The molecule has 0 atom stereocenters. The number of carbonyl (C=O) groups is 1. The lowest BCUT2D eigenvalue weighted by Gasteiger charge is -2.13.